The van der Waals surface area contributed by atoms with Gasteiger partial charge in [0.2, 0.25) is 5.95 Å². The van der Waals surface area contributed by atoms with Crippen molar-refractivity contribution < 1.29 is 0 Å². The third-order valence-corrected chi connectivity index (χ3v) is 4.93. The molecule has 2 aromatic heterocycles. The Morgan fingerprint density at radius 2 is 2.08 bits per heavy atom. The van der Waals surface area contributed by atoms with Gasteiger partial charge in [-0.25, -0.2) is 14.6 Å². The molecule has 0 aliphatic carbocycles. The average Bonchev–Trinajstić information content (AvgIpc) is 3.07. The lowest BCUT2D eigenvalue weighted by molar-refractivity contribution is 0.477. The fourth-order valence-electron chi connectivity index (χ4n) is 3.25. The van der Waals surface area contributed by atoms with Crippen molar-refractivity contribution in [3.8, 4) is 11.3 Å². The zero-order valence-electron chi connectivity index (χ0n) is 14.9. The van der Waals surface area contributed by atoms with E-state index in [4.69, 9.17) is 11.6 Å². The van der Waals surface area contributed by atoms with Crippen molar-refractivity contribution >= 4 is 28.6 Å². The number of halogens is 1. The summed E-state index contributed by atoms with van der Waals surface area (Å²) in [6, 6.07) is 6.59. The molecule has 1 aromatic carbocycles. The van der Waals surface area contributed by atoms with Gasteiger partial charge in [-0.2, -0.15) is 0 Å². The summed E-state index contributed by atoms with van der Waals surface area (Å²) in [6.07, 6.45) is 3.79. The maximum atomic E-state index is 6.40. The number of rotatable bonds is 4. The predicted molar refractivity (Wildman–Crippen MR) is 103 cm³/mol. The molecule has 2 N–H and O–H groups in total. The molecule has 3 heterocycles. The van der Waals surface area contributed by atoms with Crippen molar-refractivity contribution in [3.05, 3.63) is 29.4 Å². The quantitative estimate of drug-likeness (QED) is 0.732. The topological polar surface area (TPSA) is 80.5 Å². The van der Waals surface area contributed by atoms with Crippen LogP contribution in [0.2, 0.25) is 5.02 Å². The lowest BCUT2D eigenvalue weighted by Gasteiger charge is -2.23. The fraction of sp³-hybridized carbons (Fsp3) is 0.444. The molecule has 1 fully saturated rings. The summed E-state index contributed by atoms with van der Waals surface area (Å²) in [5.74, 6) is 0.617. The number of fused-ring (bicyclic) bond motifs is 1. The third kappa shape index (κ3) is 3.37. The zero-order valence-corrected chi connectivity index (χ0v) is 15.7. The number of benzene rings is 1. The van der Waals surface area contributed by atoms with Crippen LogP contribution in [0.15, 0.2) is 24.4 Å². The molecule has 4 rings (SSSR count). The van der Waals surface area contributed by atoms with Crippen LogP contribution < -0.4 is 10.6 Å². The van der Waals surface area contributed by atoms with Gasteiger partial charge in [-0.15, -0.1) is 5.10 Å². The highest BCUT2D eigenvalue weighted by molar-refractivity contribution is 6.33. The first-order chi connectivity index (χ1) is 12.6. The molecular formula is C18H22ClN7. The molecular weight excluding hydrogens is 350 g/mol. The molecule has 8 heteroatoms. The Morgan fingerprint density at radius 3 is 2.85 bits per heavy atom. The third-order valence-electron chi connectivity index (χ3n) is 4.65. The molecule has 3 aromatic rings. The first-order valence-electron chi connectivity index (χ1n) is 8.97. The van der Waals surface area contributed by atoms with E-state index in [2.05, 4.69) is 44.8 Å². The van der Waals surface area contributed by atoms with Gasteiger partial charge in [0, 0.05) is 17.6 Å². The fourth-order valence-corrected chi connectivity index (χ4v) is 3.45. The van der Waals surface area contributed by atoms with Crippen LogP contribution in [0.3, 0.4) is 0 Å². The smallest absolute Gasteiger partial charge is 0.223 e. The minimum Gasteiger partial charge on any atom is -0.351 e. The molecule has 136 valence electrons. The molecule has 0 saturated carbocycles. The van der Waals surface area contributed by atoms with Crippen molar-refractivity contribution in [3.63, 3.8) is 0 Å². The standard InChI is InChI=1S/C18H22ClN7/c1-11(2)26-16-9-12(3-4-15(16)24-25-26)17-14(19)10-21-18(23-17)22-13-5-7-20-8-6-13/h3-4,9-11,13,20H,5-8H2,1-2H3,(H,21,22,23). The number of aromatic nitrogens is 5. The van der Waals surface area contributed by atoms with Crippen LogP contribution in [-0.2, 0) is 0 Å². The maximum absolute atomic E-state index is 6.40. The molecule has 0 amide bonds. The average molecular weight is 372 g/mol. The summed E-state index contributed by atoms with van der Waals surface area (Å²) in [5, 5.41) is 15.8. The van der Waals surface area contributed by atoms with Gasteiger partial charge in [0.1, 0.15) is 5.52 Å². The Kier molecular flexibility index (Phi) is 4.74. The van der Waals surface area contributed by atoms with Crippen molar-refractivity contribution in [1.82, 2.24) is 30.3 Å². The summed E-state index contributed by atoms with van der Waals surface area (Å²) in [5.41, 5.74) is 3.49. The Labute approximate surface area is 157 Å². The van der Waals surface area contributed by atoms with Crippen LogP contribution in [0.1, 0.15) is 32.7 Å². The van der Waals surface area contributed by atoms with Crippen molar-refractivity contribution in [2.75, 3.05) is 18.4 Å². The molecule has 0 atom stereocenters. The number of nitrogens with zero attached hydrogens (tertiary/aromatic N) is 5. The minimum atomic E-state index is 0.230. The number of anilines is 1. The van der Waals surface area contributed by atoms with Crippen LogP contribution in [0.4, 0.5) is 5.95 Å². The van der Waals surface area contributed by atoms with Gasteiger partial charge in [-0.3, -0.25) is 0 Å². The SMILES string of the molecule is CC(C)n1nnc2ccc(-c3nc(NC4CCNCC4)ncc3Cl)cc21. The molecule has 1 aliphatic rings. The highest BCUT2D eigenvalue weighted by Gasteiger charge is 2.16. The van der Waals surface area contributed by atoms with Gasteiger partial charge in [0.05, 0.1) is 22.4 Å². The first-order valence-corrected chi connectivity index (χ1v) is 9.35. The van der Waals surface area contributed by atoms with Crippen molar-refractivity contribution in [2.24, 2.45) is 0 Å². The van der Waals surface area contributed by atoms with Crippen LogP contribution in [0.5, 0.6) is 0 Å². The summed E-state index contributed by atoms with van der Waals surface area (Å²) >= 11 is 6.40. The van der Waals surface area contributed by atoms with Gasteiger partial charge in [0.15, 0.2) is 0 Å². The van der Waals surface area contributed by atoms with Gasteiger partial charge in [-0.1, -0.05) is 22.9 Å². The van der Waals surface area contributed by atoms with Crippen LogP contribution in [-0.4, -0.2) is 44.1 Å². The van der Waals surface area contributed by atoms with Crippen LogP contribution >= 0.6 is 11.6 Å². The molecule has 1 saturated heterocycles. The summed E-state index contributed by atoms with van der Waals surface area (Å²) in [4.78, 5) is 9.03. The van der Waals surface area contributed by atoms with Gasteiger partial charge in [0.25, 0.3) is 0 Å². The Bertz CT molecular complexity index is 915. The first kappa shape index (κ1) is 17.2. The molecule has 26 heavy (non-hydrogen) atoms. The van der Waals surface area contributed by atoms with Crippen LogP contribution in [0.25, 0.3) is 22.3 Å². The summed E-state index contributed by atoms with van der Waals surface area (Å²) in [6.45, 7) is 6.20. The molecule has 0 spiro atoms. The van der Waals surface area contributed by atoms with Crippen LogP contribution in [0, 0.1) is 0 Å². The van der Waals surface area contributed by atoms with E-state index in [9.17, 15) is 0 Å². The molecule has 0 bridgehead atoms. The Morgan fingerprint density at radius 1 is 1.27 bits per heavy atom. The Balaban J connectivity index is 1.69. The van der Waals surface area contributed by atoms with Crippen molar-refractivity contribution in [1.29, 1.82) is 0 Å². The van der Waals surface area contributed by atoms with E-state index in [1.54, 1.807) is 6.20 Å². The highest BCUT2D eigenvalue weighted by atomic mass is 35.5. The lowest BCUT2D eigenvalue weighted by atomic mass is 10.1. The summed E-state index contributed by atoms with van der Waals surface area (Å²) in [7, 11) is 0. The highest BCUT2D eigenvalue weighted by Crippen LogP contribution is 2.29. The second-order valence-corrected chi connectivity index (χ2v) is 7.30. The number of piperidine rings is 1. The number of hydrogen-bond acceptors (Lipinski definition) is 6. The molecule has 0 radical (unpaired) electrons. The van der Waals surface area contributed by atoms with E-state index in [1.165, 1.54) is 0 Å². The monoisotopic (exact) mass is 371 g/mol. The lowest BCUT2D eigenvalue weighted by Crippen LogP contribution is -2.35. The Hall–Kier alpha value is -2.25. The second-order valence-electron chi connectivity index (χ2n) is 6.89. The zero-order chi connectivity index (χ0) is 18.1. The summed E-state index contributed by atoms with van der Waals surface area (Å²) < 4.78 is 1.90. The van der Waals surface area contributed by atoms with Crippen molar-refractivity contribution in [2.45, 2.75) is 38.8 Å². The minimum absolute atomic E-state index is 0.230. The number of nitrogens with one attached hydrogen (secondary N) is 2. The van der Waals surface area contributed by atoms with Gasteiger partial charge < -0.3 is 10.6 Å². The molecule has 1 aliphatic heterocycles. The maximum Gasteiger partial charge on any atom is 0.223 e. The number of hydrogen-bond donors (Lipinski definition) is 2. The second kappa shape index (κ2) is 7.17. The van der Waals surface area contributed by atoms with Gasteiger partial charge >= 0.3 is 0 Å². The predicted octanol–water partition coefficient (Wildman–Crippen LogP) is 3.29. The van der Waals surface area contributed by atoms with E-state index in [1.807, 2.05) is 22.9 Å². The largest absolute Gasteiger partial charge is 0.351 e. The normalized spacial score (nSPS) is 15.7. The van der Waals surface area contributed by atoms with E-state index < -0.39 is 0 Å². The van der Waals surface area contributed by atoms with E-state index in [0.717, 1.165) is 48.2 Å². The van der Waals surface area contributed by atoms with E-state index in [-0.39, 0.29) is 6.04 Å². The van der Waals surface area contributed by atoms with E-state index >= 15 is 0 Å². The molecule has 0 unspecified atom stereocenters. The van der Waals surface area contributed by atoms with Gasteiger partial charge in [-0.05, 0) is 51.9 Å². The molecule has 7 nitrogen and oxygen atoms in total. The van der Waals surface area contributed by atoms with E-state index in [0.29, 0.717) is 17.0 Å².